The topological polar surface area (TPSA) is 51.8 Å². The van der Waals surface area contributed by atoms with E-state index in [-0.39, 0.29) is 0 Å². The monoisotopic (exact) mass is 701 g/mol. The van der Waals surface area contributed by atoms with Gasteiger partial charge in [-0.3, -0.25) is 0 Å². The van der Waals surface area contributed by atoms with Crippen molar-refractivity contribution < 1.29 is 4.42 Å². The van der Waals surface area contributed by atoms with Crippen LogP contribution in [-0.4, -0.2) is 15.0 Å². The molecule has 0 spiro atoms. The lowest BCUT2D eigenvalue weighted by Crippen LogP contribution is -2.01. The van der Waals surface area contributed by atoms with Crippen molar-refractivity contribution in [1.82, 2.24) is 15.0 Å². The average Bonchev–Trinajstić information content (AvgIpc) is 3.65. The van der Waals surface area contributed by atoms with E-state index in [1.807, 2.05) is 30.3 Å². The highest BCUT2D eigenvalue weighted by molar-refractivity contribution is 6.15. The van der Waals surface area contributed by atoms with Gasteiger partial charge in [0.25, 0.3) is 0 Å². The minimum Gasteiger partial charge on any atom is -0.456 e. The molecule has 11 aromatic rings. The van der Waals surface area contributed by atoms with Gasteiger partial charge >= 0.3 is 0 Å². The quantitative estimate of drug-likeness (QED) is 0.168. The van der Waals surface area contributed by atoms with Gasteiger partial charge in [-0.1, -0.05) is 152 Å². The van der Waals surface area contributed by atoms with Gasteiger partial charge in [-0.2, -0.15) is 0 Å². The van der Waals surface area contributed by atoms with Gasteiger partial charge in [-0.25, -0.2) is 15.0 Å². The second-order valence-electron chi connectivity index (χ2n) is 14.0. The van der Waals surface area contributed by atoms with E-state index in [9.17, 15) is 0 Å². The second-order valence-corrected chi connectivity index (χ2v) is 14.0. The number of benzene rings is 9. The first kappa shape index (κ1) is 31.1. The van der Waals surface area contributed by atoms with Crippen molar-refractivity contribution >= 4 is 54.3 Å². The zero-order valence-electron chi connectivity index (χ0n) is 29.6. The summed E-state index contributed by atoms with van der Waals surface area (Å²) >= 11 is 0. The lowest BCUT2D eigenvalue weighted by molar-refractivity contribution is 0.669. The van der Waals surface area contributed by atoms with E-state index in [0.717, 1.165) is 60.5 Å². The van der Waals surface area contributed by atoms with E-state index in [1.54, 1.807) is 0 Å². The van der Waals surface area contributed by atoms with E-state index < -0.39 is 0 Å². The van der Waals surface area contributed by atoms with Gasteiger partial charge in [0, 0.05) is 27.5 Å². The van der Waals surface area contributed by atoms with Crippen LogP contribution in [0.5, 0.6) is 0 Å². The van der Waals surface area contributed by atoms with Crippen molar-refractivity contribution in [3.05, 3.63) is 188 Å². The summed E-state index contributed by atoms with van der Waals surface area (Å²) in [5.74, 6) is 1.81. The molecule has 0 fully saturated rings. The summed E-state index contributed by atoms with van der Waals surface area (Å²) in [4.78, 5) is 15.8. The second kappa shape index (κ2) is 12.6. The van der Waals surface area contributed by atoms with Crippen LogP contribution in [0.2, 0.25) is 0 Å². The van der Waals surface area contributed by atoms with Crippen LogP contribution < -0.4 is 0 Å². The molecule has 55 heavy (non-hydrogen) atoms. The van der Waals surface area contributed by atoms with Crippen LogP contribution in [0, 0.1) is 0 Å². The van der Waals surface area contributed by atoms with Gasteiger partial charge < -0.3 is 4.42 Å². The zero-order chi connectivity index (χ0) is 36.3. The lowest BCUT2D eigenvalue weighted by atomic mass is 9.92. The van der Waals surface area contributed by atoms with Gasteiger partial charge in [0.1, 0.15) is 11.2 Å². The van der Waals surface area contributed by atoms with Gasteiger partial charge in [0.05, 0.1) is 0 Å². The summed E-state index contributed by atoms with van der Waals surface area (Å²) in [7, 11) is 0. The molecule has 0 unspecified atom stereocenters. The van der Waals surface area contributed by atoms with E-state index in [4.69, 9.17) is 19.4 Å². The number of nitrogens with zero attached hydrogens (tertiary/aromatic N) is 3. The van der Waals surface area contributed by atoms with Crippen LogP contribution in [-0.2, 0) is 0 Å². The van der Waals surface area contributed by atoms with Crippen molar-refractivity contribution in [2.45, 2.75) is 0 Å². The maximum absolute atomic E-state index is 6.48. The predicted octanol–water partition coefficient (Wildman–Crippen LogP) is 13.6. The number of furan rings is 1. The molecule has 0 aliphatic rings. The number of hydrogen-bond donors (Lipinski definition) is 0. The Hall–Kier alpha value is -7.43. The third-order valence-corrected chi connectivity index (χ3v) is 10.7. The van der Waals surface area contributed by atoms with Crippen molar-refractivity contribution in [2.75, 3.05) is 0 Å². The minimum absolute atomic E-state index is 0.591. The highest BCUT2D eigenvalue weighted by Crippen LogP contribution is 2.43. The van der Waals surface area contributed by atoms with Crippen LogP contribution in [0.25, 0.3) is 111 Å². The van der Waals surface area contributed by atoms with Crippen molar-refractivity contribution in [3.63, 3.8) is 0 Å². The van der Waals surface area contributed by atoms with Gasteiger partial charge in [0.2, 0.25) is 0 Å². The molecule has 11 rings (SSSR count). The van der Waals surface area contributed by atoms with Crippen LogP contribution in [0.1, 0.15) is 0 Å². The normalized spacial score (nSPS) is 11.6. The highest BCUT2D eigenvalue weighted by Gasteiger charge is 2.22. The number of para-hydroxylation sites is 1. The molecular weight excluding hydrogens is 671 g/mol. The van der Waals surface area contributed by atoms with Gasteiger partial charge in [0.15, 0.2) is 17.5 Å². The Kier molecular flexibility index (Phi) is 7.14. The van der Waals surface area contributed by atoms with Crippen LogP contribution in [0.4, 0.5) is 0 Å². The molecule has 0 bridgehead atoms. The summed E-state index contributed by atoms with van der Waals surface area (Å²) in [6.07, 6.45) is 0. The molecule has 2 aromatic heterocycles. The molecule has 0 saturated heterocycles. The lowest BCUT2D eigenvalue weighted by Gasteiger charge is -2.14. The Labute approximate surface area is 317 Å². The predicted molar refractivity (Wildman–Crippen MR) is 227 cm³/mol. The van der Waals surface area contributed by atoms with E-state index in [1.165, 1.54) is 32.7 Å². The molecule has 0 aliphatic heterocycles. The molecule has 9 aromatic carbocycles. The van der Waals surface area contributed by atoms with Crippen molar-refractivity contribution in [3.8, 4) is 56.4 Å². The summed E-state index contributed by atoms with van der Waals surface area (Å²) in [5.41, 5.74) is 8.82. The molecule has 4 heteroatoms. The third kappa shape index (κ3) is 5.34. The molecule has 0 aliphatic carbocycles. The van der Waals surface area contributed by atoms with Gasteiger partial charge in [-0.15, -0.1) is 0 Å². The molecule has 2 heterocycles. The fourth-order valence-corrected chi connectivity index (χ4v) is 8.00. The molecule has 4 nitrogen and oxygen atoms in total. The average molecular weight is 702 g/mol. The Bertz CT molecular complexity index is 3260. The molecule has 0 atom stereocenters. The molecular formula is C51H31N3O. The number of hydrogen-bond acceptors (Lipinski definition) is 4. The zero-order valence-corrected chi connectivity index (χ0v) is 29.6. The molecule has 256 valence electrons. The number of rotatable bonds is 5. The van der Waals surface area contributed by atoms with Crippen LogP contribution in [0.3, 0.4) is 0 Å². The van der Waals surface area contributed by atoms with E-state index >= 15 is 0 Å². The van der Waals surface area contributed by atoms with Crippen molar-refractivity contribution in [2.24, 2.45) is 0 Å². The first-order valence-corrected chi connectivity index (χ1v) is 18.5. The number of aromatic nitrogens is 3. The fourth-order valence-electron chi connectivity index (χ4n) is 8.00. The first-order valence-electron chi connectivity index (χ1n) is 18.5. The largest absolute Gasteiger partial charge is 0.456 e. The van der Waals surface area contributed by atoms with E-state index in [2.05, 4.69) is 158 Å². The minimum atomic E-state index is 0.591. The Morgan fingerprint density at radius 2 is 0.891 bits per heavy atom. The molecule has 0 amide bonds. The third-order valence-electron chi connectivity index (χ3n) is 10.7. The summed E-state index contributed by atoms with van der Waals surface area (Å²) < 4.78 is 6.48. The fraction of sp³-hybridized carbons (Fsp3) is 0. The maximum atomic E-state index is 6.48. The Balaban J connectivity index is 1.17. The standard InChI is InChI=1S/C51H31N3O/c1-3-11-32(12-4-1)36-22-19-33-20-23-38(31-40(33)29-36)43-27-28-46-47(44-17-9-10-18-45(44)55-46)48(43)51-53-49(35-14-5-2-6-15-35)52-50(54-51)39-25-26-42-37(30-39)24-21-34-13-7-8-16-41(34)42/h1-31H. The molecule has 0 saturated carbocycles. The Morgan fingerprint density at radius 1 is 0.309 bits per heavy atom. The van der Waals surface area contributed by atoms with Crippen molar-refractivity contribution in [1.29, 1.82) is 0 Å². The summed E-state index contributed by atoms with van der Waals surface area (Å²) in [6, 6.07) is 65.9. The smallest absolute Gasteiger partial charge is 0.165 e. The number of fused-ring (bicyclic) bond motifs is 7. The summed E-state index contributed by atoms with van der Waals surface area (Å²) in [5, 5.41) is 9.10. The van der Waals surface area contributed by atoms with E-state index in [0.29, 0.717) is 17.5 Å². The van der Waals surface area contributed by atoms with Gasteiger partial charge in [-0.05, 0) is 91.0 Å². The van der Waals surface area contributed by atoms with Crippen LogP contribution >= 0.6 is 0 Å². The Morgan fingerprint density at radius 3 is 1.73 bits per heavy atom. The maximum Gasteiger partial charge on any atom is 0.165 e. The molecule has 0 radical (unpaired) electrons. The SMILES string of the molecule is c1ccc(-c2ccc3ccc(-c4ccc5oc6ccccc6c5c4-c4nc(-c5ccccc5)nc(-c5ccc6c(ccc7ccccc76)c5)n4)cc3c2)cc1. The molecule has 0 N–H and O–H groups in total. The summed E-state index contributed by atoms with van der Waals surface area (Å²) in [6.45, 7) is 0. The van der Waals surface area contributed by atoms with Crippen LogP contribution in [0.15, 0.2) is 192 Å². The highest BCUT2D eigenvalue weighted by atomic mass is 16.3. The first-order chi connectivity index (χ1) is 27.2.